The van der Waals surface area contributed by atoms with E-state index in [-0.39, 0.29) is 17.3 Å². The minimum atomic E-state index is -3.56. The van der Waals surface area contributed by atoms with E-state index < -0.39 is 16.0 Å². The molecule has 0 aliphatic heterocycles. The Morgan fingerprint density at radius 1 is 0.929 bits per heavy atom. The third-order valence-corrected chi connectivity index (χ3v) is 5.43. The number of unbranched alkanes of at least 4 members (excludes halogenated alkanes) is 1. The number of anilines is 1. The second kappa shape index (κ2) is 10.0. The minimum absolute atomic E-state index is 0.0943. The van der Waals surface area contributed by atoms with E-state index in [1.807, 2.05) is 6.92 Å². The number of carbonyl (C=O) groups is 2. The Bertz CT molecular complexity index is 907. The molecule has 0 bridgehead atoms. The molecule has 0 atom stereocenters. The molecule has 0 aliphatic carbocycles. The van der Waals surface area contributed by atoms with Gasteiger partial charge in [-0.1, -0.05) is 20.3 Å². The summed E-state index contributed by atoms with van der Waals surface area (Å²) in [5, 5.41) is 2.70. The number of hydrogen-bond acceptors (Lipinski definition) is 5. The molecule has 1 amide bonds. The second-order valence-electron chi connectivity index (χ2n) is 6.05. The predicted octanol–water partition coefficient (Wildman–Crippen LogP) is 3.19. The number of rotatable bonds is 9. The Kier molecular flexibility index (Phi) is 7.71. The number of benzene rings is 2. The molecule has 2 N–H and O–H groups in total. The van der Waals surface area contributed by atoms with Crippen LogP contribution < -0.4 is 10.0 Å². The summed E-state index contributed by atoms with van der Waals surface area (Å²) in [5.74, 6) is -0.783. The molecule has 0 spiro atoms. The number of hydrogen-bond donors (Lipinski definition) is 2. The van der Waals surface area contributed by atoms with E-state index in [1.54, 1.807) is 31.2 Å². The Balaban J connectivity index is 2.00. The smallest absolute Gasteiger partial charge is 0.338 e. The van der Waals surface area contributed by atoms with Crippen molar-refractivity contribution in [2.24, 2.45) is 0 Å². The number of esters is 1. The lowest BCUT2D eigenvalue weighted by atomic mass is 10.2. The van der Waals surface area contributed by atoms with Gasteiger partial charge in [0.25, 0.3) is 5.91 Å². The van der Waals surface area contributed by atoms with Gasteiger partial charge < -0.3 is 10.1 Å². The van der Waals surface area contributed by atoms with E-state index in [0.29, 0.717) is 23.4 Å². The highest BCUT2D eigenvalue weighted by Gasteiger charge is 2.14. The van der Waals surface area contributed by atoms with E-state index in [1.165, 1.54) is 24.3 Å². The van der Waals surface area contributed by atoms with Gasteiger partial charge in [0.1, 0.15) is 0 Å². The molecule has 0 saturated heterocycles. The van der Waals surface area contributed by atoms with Gasteiger partial charge in [0.05, 0.1) is 17.1 Å². The molecule has 8 heteroatoms. The number of amides is 1. The normalized spacial score (nSPS) is 11.1. The first-order chi connectivity index (χ1) is 13.4. The van der Waals surface area contributed by atoms with E-state index in [9.17, 15) is 18.0 Å². The second-order valence-corrected chi connectivity index (χ2v) is 7.81. The summed E-state index contributed by atoms with van der Waals surface area (Å²) in [6.07, 6.45) is 1.76. The first kappa shape index (κ1) is 21.6. The summed E-state index contributed by atoms with van der Waals surface area (Å²) < 4.78 is 31.4. The average molecular weight is 404 g/mol. The highest BCUT2D eigenvalue weighted by molar-refractivity contribution is 7.89. The molecule has 0 aliphatic rings. The molecule has 0 saturated carbocycles. The lowest BCUT2D eigenvalue weighted by molar-refractivity contribution is 0.0499. The molecule has 0 heterocycles. The number of nitrogens with one attached hydrogen (secondary N) is 2. The molecular formula is C20H24N2O5S. The van der Waals surface area contributed by atoms with Gasteiger partial charge in [-0.15, -0.1) is 0 Å². The van der Waals surface area contributed by atoms with Gasteiger partial charge in [-0.25, -0.2) is 17.9 Å². The van der Waals surface area contributed by atoms with Crippen LogP contribution in [-0.2, 0) is 14.8 Å². The van der Waals surface area contributed by atoms with Crippen molar-refractivity contribution in [2.75, 3.05) is 18.5 Å². The van der Waals surface area contributed by atoms with E-state index in [2.05, 4.69) is 10.0 Å². The molecule has 0 aromatic heterocycles. The molecule has 7 nitrogen and oxygen atoms in total. The van der Waals surface area contributed by atoms with E-state index >= 15 is 0 Å². The van der Waals surface area contributed by atoms with Crippen molar-refractivity contribution < 1.29 is 22.7 Å². The third-order valence-electron chi connectivity index (χ3n) is 3.87. The lowest BCUT2D eigenvalue weighted by Gasteiger charge is -2.08. The predicted molar refractivity (Wildman–Crippen MR) is 107 cm³/mol. The number of ether oxygens (including phenoxy) is 1. The van der Waals surface area contributed by atoms with Gasteiger partial charge in [-0.2, -0.15) is 0 Å². The summed E-state index contributed by atoms with van der Waals surface area (Å²) in [5.41, 5.74) is 1.24. The highest BCUT2D eigenvalue weighted by atomic mass is 32.2. The van der Waals surface area contributed by atoms with Crippen LogP contribution in [0.15, 0.2) is 53.4 Å². The van der Waals surface area contributed by atoms with Gasteiger partial charge in [0.2, 0.25) is 10.0 Å². The van der Waals surface area contributed by atoms with Crippen LogP contribution in [0.1, 0.15) is 47.4 Å². The Hall–Kier alpha value is -2.71. The molecule has 2 rings (SSSR count). The van der Waals surface area contributed by atoms with Gasteiger partial charge in [0.15, 0.2) is 0 Å². The largest absolute Gasteiger partial charge is 0.462 e. The summed E-state index contributed by atoms with van der Waals surface area (Å²) in [6.45, 7) is 4.37. The summed E-state index contributed by atoms with van der Waals surface area (Å²) in [7, 11) is -3.56. The van der Waals surface area contributed by atoms with E-state index in [4.69, 9.17) is 4.74 Å². The van der Waals surface area contributed by atoms with Gasteiger partial charge in [-0.3, -0.25) is 4.79 Å². The van der Waals surface area contributed by atoms with Crippen molar-refractivity contribution in [3.63, 3.8) is 0 Å². The average Bonchev–Trinajstić information content (AvgIpc) is 2.68. The zero-order chi connectivity index (χ0) is 20.6. The van der Waals surface area contributed by atoms with Crippen LogP contribution in [0.4, 0.5) is 5.69 Å². The maximum Gasteiger partial charge on any atom is 0.338 e. The van der Waals surface area contributed by atoms with Crippen LogP contribution in [0.3, 0.4) is 0 Å². The zero-order valence-electron chi connectivity index (χ0n) is 15.9. The summed E-state index contributed by atoms with van der Waals surface area (Å²) in [6, 6.07) is 12.0. The fourth-order valence-corrected chi connectivity index (χ4v) is 3.39. The monoisotopic (exact) mass is 404 g/mol. The maximum atomic E-state index is 12.3. The van der Waals surface area contributed by atoms with E-state index in [0.717, 1.165) is 12.8 Å². The molecular weight excluding hydrogens is 380 g/mol. The maximum absolute atomic E-state index is 12.3. The first-order valence-corrected chi connectivity index (χ1v) is 10.5. The van der Waals surface area contributed by atoms with Crippen LogP contribution in [0.2, 0.25) is 0 Å². The minimum Gasteiger partial charge on any atom is -0.462 e. The standard InChI is InChI=1S/C20H24N2O5S/c1-3-5-14-27-20(24)16-6-10-17(11-7-16)22-19(23)15-8-12-18(13-9-15)28(25,26)21-4-2/h6-13,21H,3-5,14H2,1-2H3,(H,22,23). The molecule has 2 aromatic rings. The van der Waals surface area contributed by atoms with Gasteiger partial charge in [0, 0.05) is 17.8 Å². The van der Waals surface area contributed by atoms with Crippen LogP contribution >= 0.6 is 0 Å². The Morgan fingerprint density at radius 3 is 2.11 bits per heavy atom. The lowest BCUT2D eigenvalue weighted by Crippen LogP contribution is -2.23. The Labute approximate surface area is 165 Å². The van der Waals surface area contributed by atoms with Crippen LogP contribution in [0.25, 0.3) is 0 Å². The summed E-state index contributed by atoms with van der Waals surface area (Å²) >= 11 is 0. The molecule has 0 unspecified atom stereocenters. The van der Waals surface area contributed by atoms with Crippen molar-refractivity contribution in [1.82, 2.24) is 4.72 Å². The SMILES string of the molecule is CCCCOC(=O)c1ccc(NC(=O)c2ccc(S(=O)(=O)NCC)cc2)cc1. The van der Waals surface area contributed by atoms with Crippen LogP contribution in [0.5, 0.6) is 0 Å². The number of sulfonamides is 1. The molecule has 2 aromatic carbocycles. The molecule has 0 radical (unpaired) electrons. The number of carbonyl (C=O) groups excluding carboxylic acids is 2. The van der Waals surface area contributed by atoms with Crippen molar-refractivity contribution in [3.05, 3.63) is 59.7 Å². The van der Waals surface area contributed by atoms with Gasteiger partial charge >= 0.3 is 5.97 Å². The molecule has 0 fully saturated rings. The van der Waals surface area contributed by atoms with Crippen molar-refractivity contribution in [1.29, 1.82) is 0 Å². The van der Waals surface area contributed by atoms with Crippen molar-refractivity contribution >= 4 is 27.6 Å². The van der Waals surface area contributed by atoms with Crippen LogP contribution in [0, 0.1) is 0 Å². The summed E-state index contributed by atoms with van der Waals surface area (Å²) in [4.78, 5) is 24.3. The van der Waals surface area contributed by atoms with Crippen molar-refractivity contribution in [2.45, 2.75) is 31.6 Å². The van der Waals surface area contributed by atoms with Crippen molar-refractivity contribution in [3.8, 4) is 0 Å². The highest BCUT2D eigenvalue weighted by Crippen LogP contribution is 2.14. The molecule has 150 valence electrons. The topological polar surface area (TPSA) is 102 Å². The quantitative estimate of drug-likeness (QED) is 0.494. The van der Waals surface area contributed by atoms with Gasteiger partial charge in [-0.05, 0) is 55.0 Å². The van der Waals surface area contributed by atoms with Crippen LogP contribution in [-0.4, -0.2) is 33.4 Å². The fraction of sp³-hybridized carbons (Fsp3) is 0.300. The molecule has 28 heavy (non-hydrogen) atoms. The first-order valence-electron chi connectivity index (χ1n) is 9.05. The fourth-order valence-electron chi connectivity index (χ4n) is 2.34. The Morgan fingerprint density at radius 2 is 1.54 bits per heavy atom. The zero-order valence-corrected chi connectivity index (χ0v) is 16.7. The third kappa shape index (κ3) is 5.90.